The predicted molar refractivity (Wildman–Crippen MR) is 51.9 cm³/mol. The van der Waals surface area contributed by atoms with Crippen LogP contribution in [0.3, 0.4) is 0 Å². The summed E-state index contributed by atoms with van der Waals surface area (Å²) in [5.74, 6) is -0.976. The first kappa shape index (κ1) is 8.44. The van der Waals surface area contributed by atoms with Crippen LogP contribution in [-0.2, 0) is 4.79 Å². The maximum atomic E-state index is 11.3. The topological polar surface area (TPSA) is 37.4 Å². The van der Waals surface area contributed by atoms with E-state index in [2.05, 4.69) is 16.1 Å². The van der Waals surface area contributed by atoms with Gasteiger partial charge in [0.2, 0.25) is 0 Å². The van der Waals surface area contributed by atoms with Crippen molar-refractivity contribution in [3.8, 4) is 0 Å². The van der Waals surface area contributed by atoms with E-state index in [0.717, 1.165) is 5.56 Å². The fourth-order valence-corrected chi connectivity index (χ4v) is 1.79. The first-order valence-corrected chi connectivity index (χ1v) is 4.47. The lowest BCUT2D eigenvalue weighted by molar-refractivity contribution is -0.113. The third-order valence-corrected chi connectivity index (χ3v) is 2.68. The molecular weight excluding hydrogens is 234 g/mol. The van der Waals surface area contributed by atoms with Gasteiger partial charge in [-0.1, -0.05) is 11.6 Å². The largest absolute Gasteiger partial charge is 0.309 e. The van der Waals surface area contributed by atoms with Gasteiger partial charge in [0, 0.05) is 0 Å². The van der Waals surface area contributed by atoms with Crippen LogP contribution in [0.4, 0.5) is 5.69 Å². The van der Waals surface area contributed by atoms with Crippen molar-refractivity contribution in [1.82, 2.24) is 0 Å². The van der Waals surface area contributed by atoms with Gasteiger partial charge in [-0.3, -0.25) is 9.59 Å². The van der Waals surface area contributed by atoms with E-state index < -0.39 is 11.7 Å². The van der Waals surface area contributed by atoms with Crippen LogP contribution in [0.1, 0.15) is 15.9 Å². The smallest absolute Gasteiger partial charge is 0.283 e. The van der Waals surface area contributed by atoms with Crippen LogP contribution in [0.2, 0.25) is 0 Å². The number of nitrogens with zero attached hydrogens (tertiary/aromatic N) is 1. The zero-order valence-corrected chi connectivity index (χ0v) is 8.46. The molecule has 0 N–H and O–H groups in total. The molecule has 2 rings (SSSR count). The SMILES string of the molecule is Cc1ccc2c(c1)C(=O)C(=O)N2Br. The van der Waals surface area contributed by atoms with Crippen LogP contribution in [0, 0.1) is 6.92 Å². The maximum Gasteiger partial charge on any atom is 0.309 e. The number of benzene rings is 1. The molecule has 3 nitrogen and oxygen atoms in total. The third kappa shape index (κ3) is 1.09. The minimum atomic E-state index is -0.527. The van der Waals surface area contributed by atoms with E-state index in [-0.39, 0.29) is 0 Å². The summed E-state index contributed by atoms with van der Waals surface area (Å²) in [6, 6.07) is 5.33. The van der Waals surface area contributed by atoms with Crippen molar-refractivity contribution in [3.63, 3.8) is 0 Å². The molecule has 1 aliphatic heterocycles. The number of rotatable bonds is 0. The molecule has 0 bridgehead atoms. The van der Waals surface area contributed by atoms with Crippen molar-refractivity contribution in [2.75, 3.05) is 3.93 Å². The molecule has 0 fully saturated rings. The molecule has 0 unspecified atom stereocenters. The molecule has 0 saturated heterocycles. The standard InChI is InChI=1S/C9H6BrNO2/c1-5-2-3-7-6(4-5)8(12)9(13)11(7)10/h2-4H,1H3. The summed E-state index contributed by atoms with van der Waals surface area (Å²) in [5, 5.41) is 0. The Morgan fingerprint density at radius 2 is 2.00 bits per heavy atom. The van der Waals surface area contributed by atoms with Crippen LogP contribution in [0.25, 0.3) is 0 Å². The monoisotopic (exact) mass is 239 g/mol. The number of hydrogen-bond acceptors (Lipinski definition) is 2. The van der Waals surface area contributed by atoms with Gasteiger partial charge in [-0.2, -0.15) is 0 Å². The highest BCUT2D eigenvalue weighted by Crippen LogP contribution is 2.31. The summed E-state index contributed by atoms with van der Waals surface area (Å²) in [7, 11) is 0. The molecular formula is C9H6BrNO2. The molecule has 66 valence electrons. The number of halogens is 1. The van der Waals surface area contributed by atoms with Gasteiger partial charge in [-0.05, 0) is 19.1 Å². The molecule has 0 saturated carbocycles. The van der Waals surface area contributed by atoms with Gasteiger partial charge in [0.25, 0.3) is 5.78 Å². The molecule has 0 radical (unpaired) electrons. The van der Waals surface area contributed by atoms with Gasteiger partial charge in [0.15, 0.2) is 0 Å². The van der Waals surface area contributed by atoms with E-state index in [9.17, 15) is 9.59 Å². The molecule has 0 aromatic heterocycles. The van der Waals surface area contributed by atoms with Gasteiger partial charge in [0.1, 0.15) is 0 Å². The minimum Gasteiger partial charge on any atom is -0.283 e. The number of fused-ring (bicyclic) bond motifs is 1. The lowest BCUT2D eigenvalue weighted by atomic mass is 10.1. The van der Waals surface area contributed by atoms with E-state index in [4.69, 9.17) is 0 Å². The molecule has 1 amide bonds. The fourth-order valence-electron chi connectivity index (χ4n) is 1.32. The van der Waals surface area contributed by atoms with Crippen LogP contribution >= 0.6 is 16.1 Å². The van der Waals surface area contributed by atoms with E-state index >= 15 is 0 Å². The lowest BCUT2D eigenvalue weighted by Gasteiger charge is -2.04. The van der Waals surface area contributed by atoms with E-state index in [1.807, 2.05) is 13.0 Å². The second kappa shape index (κ2) is 2.67. The Hall–Kier alpha value is -1.16. The molecule has 1 heterocycles. The number of ketones is 1. The van der Waals surface area contributed by atoms with Gasteiger partial charge < -0.3 is 0 Å². The van der Waals surface area contributed by atoms with Crippen LogP contribution in [0.15, 0.2) is 18.2 Å². The van der Waals surface area contributed by atoms with E-state index in [1.165, 1.54) is 3.93 Å². The van der Waals surface area contributed by atoms with Crippen molar-refractivity contribution < 1.29 is 9.59 Å². The Kier molecular flexibility index (Phi) is 1.73. The predicted octanol–water partition coefficient (Wildman–Crippen LogP) is 1.83. The van der Waals surface area contributed by atoms with Crippen molar-refractivity contribution in [2.45, 2.75) is 6.92 Å². The highest BCUT2D eigenvalue weighted by Gasteiger charge is 2.34. The van der Waals surface area contributed by atoms with Gasteiger partial charge in [-0.15, -0.1) is 0 Å². The van der Waals surface area contributed by atoms with Crippen molar-refractivity contribution in [3.05, 3.63) is 29.3 Å². The van der Waals surface area contributed by atoms with E-state index in [1.54, 1.807) is 12.1 Å². The van der Waals surface area contributed by atoms with Crippen LogP contribution in [0.5, 0.6) is 0 Å². The summed E-state index contributed by atoms with van der Waals surface area (Å²) in [6.07, 6.45) is 0. The third-order valence-electron chi connectivity index (χ3n) is 1.98. The number of carbonyl (C=O) groups excluding carboxylic acids is 2. The number of amides is 1. The Labute approximate surface area is 83.7 Å². The first-order valence-electron chi connectivity index (χ1n) is 3.76. The average Bonchev–Trinajstić information content (AvgIpc) is 2.32. The Balaban J connectivity index is 2.67. The number of anilines is 1. The highest BCUT2D eigenvalue weighted by atomic mass is 79.9. The number of Topliss-reactive ketones (excluding diaryl/α,β-unsaturated/α-hetero) is 1. The Morgan fingerprint density at radius 3 is 2.69 bits per heavy atom. The quantitative estimate of drug-likeness (QED) is 0.512. The minimum absolute atomic E-state index is 0.449. The molecule has 1 aromatic rings. The average molecular weight is 240 g/mol. The molecule has 0 aliphatic carbocycles. The Morgan fingerprint density at radius 1 is 1.31 bits per heavy atom. The normalized spacial score (nSPS) is 15.1. The lowest BCUT2D eigenvalue weighted by Crippen LogP contribution is -2.19. The summed E-state index contributed by atoms with van der Waals surface area (Å²) in [6.45, 7) is 1.88. The molecule has 1 aliphatic rings. The number of carbonyl (C=O) groups is 2. The Bertz CT molecular complexity index is 414. The maximum absolute atomic E-state index is 11.3. The van der Waals surface area contributed by atoms with Gasteiger partial charge >= 0.3 is 5.91 Å². The number of hydrogen-bond donors (Lipinski definition) is 0. The van der Waals surface area contributed by atoms with Crippen molar-refractivity contribution >= 4 is 33.5 Å². The summed E-state index contributed by atoms with van der Waals surface area (Å²) in [5.41, 5.74) is 2.07. The van der Waals surface area contributed by atoms with Gasteiger partial charge in [0.05, 0.1) is 27.4 Å². The van der Waals surface area contributed by atoms with E-state index in [0.29, 0.717) is 11.3 Å². The molecule has 0 atom stereocenters. The van der Waals surface area contributed by atoms with Crippen LogP contribution in [-0.4, -0.2) is 11.7 Å². The second-order valence-electron chi connectivity index (χ2n) is 2.94. The zero-order valence-electron chi connectivity index (χ0n) is 6.87. The van der Waals surface area contributed by atoms with Gasteiger partial charge in [-0.25, -0.2) is 3.93 Å². The number of aryl methyl sites for hydroxylation is 1. The zero-order chi connectivity index (χ0) is 9.59. The molecule has 4 heteroatoms. The second-order valence-corrected chi connectivity index (χ2v) is 3.64. The van der Waals surface area contributed by atoms with Crippen molar-refractivity contribution in [2.24, 2.45) is 0 Å². The fraction of sp³-hybridized carbons (Fsp3) is 0.111. The summed E-state index contributed by atoms with van der Waals surface area (Å²) < 4.78 is 1.20. The molecule has 1 aromatic carbocycles. The summed E-state index contributed by atoms with van der Waals surface area (Å²) in [4.78, 5) is 22.5. The van der Waals surface area contributed by atoms with Crippen molar-refractivity contribution in [1.29, 1.82) is 0 Å². The molecule has 13 heavy (non-hydrogen) atoms. The molecule has 0 spiro atoms. The summed E-state index contributed by atoms with van der Waals surface area (Å²) >= 11 is 3.03. The first-order chi connectivity index (χ1) is 6.11. The highest BCUT2D eigenvalue weighted by molar-refractivity contribution is 9.10. The van der Waals surface area contributed by atoms with Crippen LogP contribution < -0.4 is 3.93 Å².